The van der Waals surface area contributed by atoms with Crippen molar-refractivity contribution in [2.24, 2.45) is 5.41 Å². The molecule has 2 heterocycles. The molecule has 1 N–H and O–H groups in total. The molecule has 98 valence electrons. The Kier molecular flexibility index (Phi) is 2.63. The minimum absolute atomic E-state index is 0.0759. The highest BCUT2D eigenvalue weighted by Crippen LogP contribution is 2.39. The summed E-state index contributed by atoms with van der Waals surface area (Å²) in [5.41, 5.74) is 3.07. The number of piperidine rings is 1. The van der Waals surface area contributed by atoms with Gasteiger partial charge in [-0.05, 0) is 70.2 Å². The maximum Gasteiger partial charge on any atom is 0.0880 e. The van der Waals surface area contributed by atoms with Crippen molar-refractivity contribution >= 4 is 6.08 Å². The third kappa shape index (κ3) is 2.01. The van der Waals surface area contributed by atoms with Crippen LogP contribution in [0.2, 0.25) is 0 Å². The van der Waals surface area contributed by atoms with Gasteiger partial charge in [0, 0.05) is 6.20 Å². The second-order valence-corrected chi connectivity index (χ2v) is 6.78. The minimum Gasteiger partial charge on any atom is -0.317 e. The standard InChI is InChI=1S/C15H23N3/c1-14(2,3)18-11-12-10-15(5-4-13(12)17-18)6-8-16-9-7-15/h4-5,11,16H,6-10H2,1-3H3. The summed E-state index contributed by atoms with van der Waals surface area (Å²) in [5, 5.41) is 8.17. The number of rotatable bonds is 0. The zero-order chi connectivity index (χ0) is 12.8. The molecule has 18 heavy (non-hydrogen) atoms. The van der Waals surface area contributed by atoms with E-state index >= 15 is 0 Å². The highest BCUT2D eigenvalue weighted by Gasteiger charge is 2.34. The monoisotopic (exact) mass is 245 g/mol. The average Bonchev–Trinajstić information content (AvgIpc) is 2.72. The van der Waals surface area contributed by atoms with Gasteiger partial charge in [-0.1, -0.05) is 6.08 Å². The predicted molar refractivity (Wildman–Crippen MR) is 74.5 cm³/mol. The van der Waals surface area contributed by atoms with Crippen LogP contribution in [0.4, 0.5) is 0 Å². The van der Waals surface area contributed by atoms with E-state index < -0.39 is 0 Å². The second kappa shape index (κ2) is 3.95. The lowest BCUT2D eigenvalue weighted by molar-refractivity contribution is 0.269. The molecule has 1 fully saturated rings. The normalized spacial score (nSPS) is 22.2. The molecule has 3 rings (SSSR count). The molecule has 2 aliphatic rings. The molecule has 0 radical (unpaired) electrons. The average molecular weight is 245 g/mol. The van der Waals surface area contributed by atoms with Gasteiger partial charge in [0.05, 0.1) is 11.2 Å². The zero-order valence-electron chi connectivity index (χ0n) is 11.7. The van der Waals surface area contributed by atoms with E-state index in [-0.39, 0.29) is 5.54 Å². The van der Waals surface area contributed by atoms with E-state index in [1.807, 2.05) is 0 Å². The van der Waals surface area contributed by atoms with Gasteiger partial charge in [-0.3, -0.25) is 4.68 Å². The fraction of sp³-hybridized carbons (Fsp3) is 0.667. The van der Waals surface area contributed by atoms with Crippen LogP contribution in [-0.4, -0.2) is 22.9 Å². The third-order valence-corrected chi connectivity index (χ3v) is 4.25. The first-order valence-electron chi connectivity index (χ1n) is 6.98. The van der Waals surface area contributed by atoms with Gasteiger partial charge >= 0.3 is 0 Å². The van der Waals surface area contributed by atoms with Gasteiger partial charge in [-0.25, -0.2) is 0 Å². The molecule has 1 saturated heterocycles. The lowest BCUT2D eigenvalue weighted by Crippen LogP contribution is -2.37. The molecule has 1 aromatic rings. The molecule has 0 atom stereocenters. The molecule has 1 aliphatic carbocycles. The van der Waals surface area contributed by atoms with E-state index in [9.17, 15) is 0 Å². The van der Waals surface area contributed by atoms with Gasteiger partial charge in [0.15, 0.2) is 0 Å². The van der Waals surface area contributed by atoms with Crippen molar-refractivity contribution in [3.8, 4) is 0 Å². The Balaban J connectivity index is 1.90. The van der Waals surface area contributed by atoms with Crippen LogP contribution in [0.1, 0.15) is 44.9 Å². The van der Waals surface area contributed by atoms with Gasteiger partial charge in [0.2, 0.25) is 0 Å². The summed E-state index contributed by atoms with van der Waals surface area (Å²) in [6.07, 6.45) is 10.6. The van der Waals surface area contributed by atoms with Gasteiger partial charge in [-0.2, -0.15) is 5.10 Å². The first kappa shape index (κ1) is 12.0. The molecule has 1 spiro atoms. The maximum absolute atomic E-state index is 4.71. The van der Waals surface area contributed by atoms with Crippen molar-refractivity contribution in [3.05, 3.63) is 23.5 Å². The van der Waals surface area contributed by atoms with Gasteiger partial charge in [0.1, 0.15) is 0 Å². The Morgan fingerprint density at radius 2 is 2.00 bits per heavy atom. The van der Waals surface area contributed by atoms with Gasteiger partial charge in [-0.15, -0.1) is 0 Å². The first-order valence-corrected chi connectivity index (χ1v) is 6.98. The first-order chi connectivity index (χ1) is 8.49. The summed E-state index contributed by atoms with van der Waals surface area (Å²) in [6.45, 7) is 8.90. The SMILES string of the molecule is CC(C)(C)n1cc2c(n1)C=CC1(CCNCC1)C2. The molecule has 3 heteroatoms. The van der Waals surface area contributed by atoms with Gasteiger partial charge in [0.25, 0.3) is 0 Å². The van der Waals surface area contributed by atoms with Crippen LogP contribution >= 0.6 is 0 Å². The van der Waals surface area contributed by atoms with E-state index in [1.165, 1.54) is 24.1 Å². The Labute approximate surface area is 109 Å². The molecular formula is C15H23N3. The van der Waals surface area contributed by atoms with E-state index in [4.69, 9.17) is 5.10 Å². The smallest absolute Gasteiger partial charge is 0.0880 e. The molecular weight excluding hydrogens is 222 g/mol. The summed E-state index contributed by atoms with van der Waals surface area (Å²) >= 11 is 0. The van der Waals surface area contributed by atoms with Crippen LogP contribution in [0.15, 0.2) is 12.3 Å². The Morgan fingerprint density at radius 3 is 2.67 bits per heavy atom. The third-order valence-electron chi connectivity index (χ3n) is 4.25. The lowest BCUT2D eigenvalue weighted by Gasteiger charge is -2.36. The molecule has 0 aromatic carbocycles. The molecule has 0 unspecified atom stereocenters. The number of aromatic nitrogens is 2. The molecule has 0 amide bonds. The zero-order valence-corrected chi connectivity index (χ0v) is 11.7. The highest BCUT2D eigenvalue weighted by molar-refractivity contribution is 5.53. The van der Waals surface area contributed by atoms with Crippen LogP contribution < -0.4 is 5.32 Å². The summed E-state index contributed by atoms with van der Waals surface area (Å²) in [6, 6.07) is 0. The fourth-order valence-electron chi connectivity index (χ4n) is 3.01. The van der Waals surface area contributed by atoms with Crippen molar-refractivity contribution in [1.29, 1.82) is 0 Å². The number of hydrogen-bond donors (Lipinski definition) is 1. The van der Waals surface area contributed by atoms with Crippen molar-refractivity contribution in [2.75, 3.05) is 13.1 Å². The number of fused-ring (bicyclic) bond motifs is 1. The van der Waals surface area contributed by atoms with E-state index in [0.29, 0.717) is 5.41 Å². The molecule has 0 bridgehead atoms. The van der Waals surface area contributed by atoms with Crippen molar-refractivity contribution in [3.63, 3.8) is 0 Å². The maximum atomic E-state index is 4.71. The summed E-state index contributed by atoms with van der Waals surface area (Å²) < 4.78 is 2.11. The van der Waals surface area contributed by atoms with Crippen molar-refractivity contribution in [2.45, 2.75) is 45.6 Å². The molecule has 0 saturated carbocycles. The summed E-state index contributed by atoms with van der Waals surface area (Å²) in [7, 11) is 0. The summed E-state index contributed by atoms with van der Waals surface area (Å²) in [4.78, 5) is 0. The highest BCUT2D eigenvalue weighted by atomic mass is 15.3. The van der Waals surface area contributed by atoms with Crippen molar-refractivity contribution in [1.82, 2.24) is 15.1 Å². The van der Waals surface area contributed by atoms with Crippen LogP contribution in [0.3, 0.4) is 0 Å². The fourth-order valence-corrected chi connectivity index (χ4v) is 3.01. The Bertz CT molecular complexity index is 470. The number of nitrogens with one attached hydrogen (secondary N) is 1. The largest absolute Gasteiger partial charge is 0.317 e. The Morgan fingerprint density at radius 1 is 1.28 bits per heavy atom. The van der Waals surface area contributed by atoms with E-state index in [0.717, 1.165) is 19.5 Å². The quantitative estimate of drug-likeness (QED) is 0.761. The molecule has 1 aromatic heterocycles. The van der Waals surface area contributed by atoms with Crippen molar-refractivity contribution < 1.29 is 0 Å². The van der Waals surface area contributed by atoms with Crippen LogP contribution in [-0.2, 0) is 12.0 Å². The molecule has 1 aliphatic heterocycles. The predicted octanol–water partition coefficient (Wildman–Crippen LogP) is 2.58. The number of hydrogen-bond acceptors (Lipinski definition) is 2. The Hall–Kier alpha value is -1.09. The minimum atomic E-state index is 0.0759. The van der Waals surface area contributed by atoms with Crippen LogP contribution in [0, 0.1) is 5.41 Å². The topological polar surface area (TPSA) is 29.9 Å². The summed E-state index contributed by atoms with van der Waals surface area (Å²) in [5.74, 6) is 0. The van der Waals surface area contributed by atoms with E-state index in [2.05, 4.69) is 49.1 Å². The van der Waals surface area contributed by atoms with E-state index in [1.54, 1.807) is 0 Å². The van der Waals surface area contributed by atoms with Crippen LogP contribution in [0.5, 0.6) is 0 Å². The number of nitrogens with zero attached hydrogens (tertiary/aromatic N) is 2. The lowest BCUT2D eigenvalue weighted by atomic mass is 9.72. The van der Waals surface area contributed by atoms with Crippen LogP contribution in [0.25, 0.3) is 6.08 Å². The second-order valence-electron chi connectivity index (χ2n) is 6.78. The van der Waals surface area contributed by atoms with Gasteiger partial charge < -0.3 is 5.32 Å². The number of allylic oxidation sites excluding steroid dienone is 1. The molecule has 3 nitrogen and oxygen atoms in total.